The number of carbonyl (C=O) groups excluding carboxylic acids is 2. The minimum atomic E-state index is -0.697. The Bertz CT molecular complexity index is 839. The fourth-order valence-electron chi connectivity index (χ4n) is 2.59. The molecule has 1 aromatic heterocycles. The minimum absolute atomic E-state index is 0.0913. The van der Waals surface area contributed by atoms with Crippen molar-refractivity contribution in [2.75, 3.05) is 24.7 Å². The summed E-state index contributed by atoms with van der Waals surface area (Å²) in [6.45, 7) is 5.88. The summed E-state index contributed by atoms with van der Waals surface area (Å²) >= 11 is 1.33. The number of rotatable bonds is 7. The number of para-hydroxylation sites is 1. The largest absolute Gasteiger partial charge is 0.462 e. The van der Waals surface area contributed by atoms with E-state index in [1.807, 2.05) is 38.3 Å². The Morgan fingerprint density at radius 2 is 1.96 bits per heavy atom. The number of aryl methyl sites for hydroxylation is 2. The van der Waals surface area contributed by atoms with Gasteiger partial charge in [0.1, 0.15) is 5.56 Å². The molecule has 28 heavy (non-hydrogen) atoms. The van der Waals surface area contributed by atoms with E-state index in [9.17, 15) is 9.59 Å². The van der Waals surface area contributed by atoms with Gasteiger partial charge in [-0.3, -0.25) is 0 Å². The van der Waals surface area contributed by atoms with Crippen molar-refractivity contribution in [3.63, 3.8) is 0 Å². The number of ether oxygens (including phenoxy) is 1. The Hall–Kier alpha value is -2.65. The van der Waals surface area contributed by atoms with Crippen molar-refractivity contribution in [1.82, 2.24) is 15.3 Å². The predicted octanol–water partition coefficient (Wildman–Crippen LogP) is 2.81. The molecule has 0 saturated carbocycles. The number of benzene rings is 1. The van der Waals surface area contributed by atoms with E-state index in [-0.39, 0.29) is 24.7 Å². The van der Waals surface area contributed by atoms with Crippen LogP contribution in [0.1, 0.15) is 40.1 Å². The topological polar surface area (TPSA) is 119 Å². The van der Waals surface area contributed by atoms with Gasteiger partial charge >= 0.3 is 12.0 Å². The van der Waals surface area contributed by atoms with Crippen molar-refractivity contribution in [3.05, 3.63) is 46.8 Å². The highest BCUT2D eigenvalue weighted by Gasteiger charge is 2.21. The number of nitrogens with two attached hydrogens (primary N) is 1. The molecule has 2 aromatic rings. The maximum Gasteiger partial charge on any atom is 0.341 e. The number of nitrogens with zero attached hydrogens (tertiary/aromatic N) is 2. The molecule has 0 aliphatic heterocycles. The molecule has 2 rings (SSSR count). The summed E-state index contributed by atoms with van der Waals surface area (Å²) < 4.78 is 5.04. The number of nitrogens with one attached hydrogen (secondary N) is 2. The summed E-state index contributed by atoms with van der Waals surface area (Å²) in [4.78, 5) is 32.9. The van der Waals surface area contributed by atoms with Gasteiger partial charge in [0, 0.05) is 18.4 Å². The van der Waals surface area contributed by atoms with Gasteiger partial charge in [0.05, 0.1) is 18.3 Å². The van der Waals surface area contributed by atoms with E-state index >= 15 is 0 Å². The van der Waals surface area contributed by atoms with E-state index in [0.717, 1.165) is 16.8 Å². The molecule has 150 valence electrons. The first-order valence-corrected chi connectivity index (χ1v) is 10.0. The molecule has 1 aromatic carbocycles. The van der Waals surface area contributed by atoms with Crippen LogP contribution < -0.4 is 16.4 Å². The van der Waals surface area contributed by atoms with Gasteiger partial charge in [0.25, 0.3) is 0 Å². The van der Waals surface area contributed by atoms with Crippen LogP contribution in [0.3, 0.4) is 0 Å². The molecule has 0 bridgehead atoms. The molecule has 0 fully saturated rings. The SMILES string of the molecule is CCOC(=O)c1cnc(SC)nc1C(N)CNC(=O)Nc1c(C)cccc1C. The van der Waals surface area contributed by atoms with Gasteiger partial charge in [-0.2, -0.15) is 0 Å². The first kappa shape index (κ1) is 21.6. The monoisotopic (exact) mass is 403 g/mol. The van der Waals surface area contributed by atoms with Crippen molar-refractivity contribution < 1.29 is 14.3 Å². The van der Waals surface area contributed by atoms with Crippen LogP contribution in [0.15, 0.2) is 29.6 Å². The van der Waals surface area contributed by atoms with E-state index < -0.39 is 12.0 Å². The van der Waals surface area contributed by atoms with Crippen molar-refractivity contribution >= 4 is 29.4 Å². The first-order valence-electron chi connectivity index (χ1n) is 8.82. The maximum absolute atomic E-state index is 12.3. The van der Waals surface area contributed by atoms with Crippen LogP contribution in [-0.2, 0) is 4.74 Å². The molecular formula is C19H25N5O3S. The third kappa shape index (κ3) is 5.43. The summed E-state index contributed by atoms with van der Waals surface area (Å²) in [7, 11) is 0. The van der Waals surface area contributed by atoms with Crippen LogP contribution in [0.5, 0.6) is 0 Å². The third-order valence-electron chi connectivity index (χ3n) is 4.03. The van der Waals surface area contributed by atoms with Gasteiger partial charge in [-0.15, -0.1) is 0 Å². The number of hydrogen-bond donors (Lipinski definition) is 3. The second kappa shape index (κ2) is 10.0. The molecular weight excluding hydrogens is 378 g/mol. The van der Waals surface area contributed by atoms with Crippen molar-refractivity contribution in [3.8, 4) is 0 Å². The standard InChI is InChI=1S/C19H25N5O3S/c1-5-27-17(25)13-9-22-19(28-4)24-16(13)14(20)10-21-18(26)23-15-11(2)7-6-8-12(15)3/h6-9,14H,5,10,20H2,1-4H3,(H2,21,23,26). The summed E-state index contributed by atoms with van der Waals surface area (Å²) in [6.07, 6.45) is 3.23. The van der Waals surface area contributed by atoms with Gasteiger partial charge < -0.3 is 21.1 Å². The average Bonchev–Trinajstić information content (AvgIpc) is 2.68. The molecule has 9 heteroatoms. The van der Waals surface area contributed by atoms with E-state index in [4.69, 9.17) is 10.5 Å². The van der Waals surface area contributed by atoms with Crippen molar-refractivity contribution in [2.24, 2.45) is 5.73 Å². The summed E-state index contributed by atoms with van der Waals surface area (Å²) in [5.41, 5.74) is 9.42. The highest BCUT2D eigenvalue weighted by molar-refractivity contribution is 7.98. The molecule has 1 heterocycles. The van der Waals surface area contributed by atoms with E-state index in [0.29, 0.717) is 10.9 Å². The zero-order chi connectivity index (χ0) is 20.7. The Balaban J connectivity index is 2.10. The summed E-state index contributed by atoms with van der Waals surface area (Å²) in [6, 6.07) is 4.69. The molecule has 0 aliphatic carbocycles. The van der Waals surface area contributed by atoms with Crippen LogP contribution in [0, 0.1) is 13.8 Å². The lowest BCUT2D eigenvalue weighted by molar-refractivity contribution is 0.0523. The summed E-state index contributed by atoms with van der Waals surface area (Å²) in [5.74, 6) is -0.541. The van der Waals surface area contributed by atoms with Crippen molar-refractivity contribution in [2.45, 2.75) is 32.0 Å². The van der Waals surface area contributed by atoms with Crippen LogP contribution in [-0.4, -0.2) is 41.4 Å². The molecule has 1 unspecified atom stereocenters. The molecule has 8 nitrogen and oxygen atoms in total. The van der Waals surface area contributed by atoms with Gasteiger partial charge in [0.15, 0.2) is 5.16 Å². The van der Waals surface area contributed by atoms with Crippen LogP contribution in [0.2, 0.25) is 0 Å². The first-order chi connectivity index (χ1) is 13.4. The lowest BCUT2D eigenvalue weighted by atomic mass is 10.1. The number of amides is 2. The highest BCUT2D eigenvalue weighted by Crippen LogP contribution is 2.20. The number of aromatic nitrogens is 2. The number of anilines is 1. The lowest BCUT2D eigenvalue weighted by Gasteiger charge is -2.17. The molecule has 0 saturated heterocycles. The van der Waals surface area contributed by atoms with Gasteiger partial charge in [-0.1, -0.05) is 30.0 Å². The molecule has 1 atom stereocenters. The van der Waals surface area contributed by atoms with Gasteiger partial charge in [-0.25, -0.2) is 19.6 Å². The van der Waals surface area contributed by atoms with Crippen molar-refractivity contribution in [1.29, 1.82) is 0 Å². The molecule has 0 spiro atoms. The molecule has 4 N–H and O–H groups in total. The number of esters is 1. The quantitative estimate of drug-likeness (QED) is 0.369. The van der Waals surface area contributed by atoms with E-state index in [2.05, 4.69) is 20.6 Å². The lowest BCUT2D eigenvalue weighted by Crippen LogP contribution is -2.36. The number of hydrogen-bond acceptors (Lipinski definition) is 7. The third-order valence-corrected chi connectivity index (χ3v) is 4.59. The zero-order valence-corrected chi connectivity index (χ0v) is 17.2. The Morgan fingerprint density at radius 3 is 2.57 bits per heavy atom. The van der Waals surface area contributed by atoms with Gasteiger partial charge in [0.2, 0.25) is 0 Å². The average molecular weight is 404 g/mol. The second-order valence-electron chi connectivity index (χ2n) is 6.08. The van der Waals surface area contributed by atoms with Crippen LogP contribution in [0.25, 0.3) is 0 Å². The van der Waals surface area contributed by atoms with E-state index in [1.54, 1.807) is 6.92 Å². The zero-order valence-electron chi connectivity index (χ0n) is 16.4. The predicted molar refractivity (Wildman–Crippen MR) is 110 cm³/mol. The van der Waals surface area contributed by atoms with Gasteiger partial charge in [-0.05, 0) is 38.2 Å². The Kier molecular flexibility index (Phi) is 7.77. The number of urea groups is 1. The second-order valence-corrected chi connectivity index (χ2v) is 6.86. The van der Waals surface area contributed by atoms with E-state index in [1.165, 1.54) is 18.0 Å². The van der Waals surface area contributed by atoms with Crippen LogP contribution >= 0.6 is 11.8 Å². The fraction of sp³-hybridized carbons (Fsp3) is 0.368. The number of carbonyl (C=O) groups is 2. The molecule has 2 amide bonds. The highest BCUT2D eigenvalue weighted by atomic mass is 32.2. The minimum Gasteiger partial charge on any atom is -0.462 e. The van der Waals surface area contributed by atoms with Crippen LogP contribution in [0.4, 0.5) is 10.5 Å². The fourth-order valence-corrected chi connectivity index (χ4v) is 2.94. The maximum atomic E-state index is 12.3. The normalized spacial score (nSPS) is 11.6. The Labute approximate surface area is 168 Å². The smallest absolute Gasteiger partial charge is 0.341 e. The number of thioether (sulfide) groups is 1. The molecule has 0 radical (unpaired) electrons. The Morgan fingerprint density at radius 1 is 1.29 bits per heavy atom. The summed E-state index contributed by atoms with van der Waals surface area (Å²) in [5, 5.41) is 6.04. The molecule has 0 aliphatic rings.